The van der Waals surface area contributed by atoms with E-state index in [2.05, 4.69) is 15.3 Å². The number of carbonyl (C=O) groups excluding carboxylic acids is 1. The van der Waals surface area contributed by atoms with Crippen LogP contribution in [0.25, 0.3) is 0 Å². The number of amides is 1. The average Bonchev–Trinajstić information content (AvgIpc) is 2.94. The predicted octanol–water partition coefficient (Wildman–Crippen LogP) is 1.68. The summed E-state index contributed by atoms with van der Waals surface area (Å²) in [6.07, 6.45) is 4.31. The number of hydrogen-bond acceptors (Lipinski definition) is 3. The van der Waals surface area contributed by atoms with Crippen LogP contribution < -0.4 is 10.1 Å². The fourth-order valence-corrected chi connectivity index (χ4v) is 1.64. The van der Waals surface area contributed by atoms with Crippen LogP contribution in [0.2, 0.25) is 0 Å². The summed E-state index contributed by atoms with van der Waals surface area (Å²) < 4.78 is 18.0. The van der Waals surface area contributed by atoms with E-state index >= 15 is 0 Å². The third-order valence-electron chi connectivity index (χ3n) is 2.68. The lowest BCUT2D eigenvalue weighted by molar-refractivity contribution is -0.121. The van der Waals surface area contributed by atoms with Crippen molar-refractivity contribution >= 4 is 5.91 Å². The number of ether oxygens (including phenoxy) is 1. The maximum atomic E-state index is 12.7. The minimum atomic E-state index is -0.311. The first-order valence-corrected chi connectivity index (χ1v) is 6.36. The van der Waals surface area contributed by atoms with Gasteiger partial charge in [0.15, 0.2) is 0 Å². The molecule has 0 aliphatic heterocycles. The Kier molecular flexibility index (Phi) is 5.11. The number of carbonyl (C=O) groups is 1. The zero-order valence-electron chi connectivity index (χ0n) is 10.9. The third kappa shape index (κ3) is 4.72. The molecule has 0 spiro atoms. The molecule has 2 N–H and O–H groups in total. The summed E-state index contributed by atoms with van der Waals surface area (Å²) in [4.78, 5) is 18.4. The van der Waals surface area contributed by atoms with Crippen LogP contribution in [0.5, 0.6) is 5.75 Å². The number of rotatable bonds is 7. The van der Waals surface area contributed by atoms with E-state index in [0.717, 1.165) is 5.69 Å². The fraction of sp³-hybridized carbons (Fsp3) is 0.286. The zero-order chi connectivity index (χ0) is 14.2. The highest BCUT2D eigenvalue weighted by Crippen LogP contribution is 2.10. The molecule has 0 fully saturated rings. The van der Waals surface area contributed by atoms with E-state index in [4.69, 9.17) is 4.74 Å². The predicted molar refractivity (Wildman–Crippen MR) is 71.8 cm³/mol. The lowest BCUT2D eigenvalue weighted by Gasteiger charge is -2.06. The van der Waals surface area contributed by atoms with E-state index < -0.39 is 0 Å². The Morgan fingerprint density at radius 3 is 2.85 bits per heavy atom. The first-order chi connectivity index (χ1) is 9.74. The van der Waals surface area contributed by atoms with Gasteiger partial charge in [-0.1, -0.05) is 0 Å². The van der Waals surface area contributed by atoms with Crippen LogP contribution in [0, 0.1) is 5.82 Å². The molecule has 0 saturated carbocycles. The highest BCUT2D eigenvalue weighted by molar-refractivity contribution is 5.75. The van der Waals surface area contributed by atoms with E-state index in [1.165, 1.54) is 24.3 Å². The largest absolute Gasteiger partial charge is 0.493 e. The van der Waals surface area contributed by atoms with Gasteiger partial charge in [-0.25, -0.2) is 9.37 Å². The van der Waals surface area contributed by atoms with Gasteiger partial charge in [-0.15, -0.1) is 0 Å². The molecular formula is C14H16FN3O2. The second kappa shape index (κ2) is 7.28. The lowest BCUT2D eigenvalue weighted by atomic mass is 10.3. The van der Waals surface area contributed by atoms with Crippen LogP contribution in [0.15, 0.2) is 36.8 Å². The molecule has 1 aromatic carbocycles. The van der Waals surface area contributed by atoms with E-state index in [1.54, 1.807) is 12.5 Å². The van der Waals surface area contributed by atoms with Crippen LogP contribution >= 0.6 is 0 Å². The van der Waals surface area contributed by atoms with Crippen molar-refractivity contribution in [3.63, 3.8) is 0 Å². The molecular weight excluding hydrogens is 261 g/mol. The number of imidazole rings is 1. The van der Waals surface area contributed by atoms with E-state index in [9.17, 15) is 9.18 Å². The Labute approximate surface area is 116 Å². The molecule has 2 rings (SSSR count). The number of aromatic amines is 1. The number of H-pyrrole nitrogens is 1. The molecule has 0 aliphatic carbocycles. The number of halogens is 1. The molecule has 1 heterocycles. The molecule has 0 radical (unpaired) electrons. The molecule has 0 bridgehead atoms. The molecule has 2 aromatic rings. The van der Waals surface area contributed by atoms with Crippen LogP contribution in [0.1, 0.15) is 12.1 Å². The van der Waals surface area contributed by atoms with E-state index in [1.807, 2.05) is 0 Å². The van der Waals surface area contributed by atoms with Crippen molar-refractivity contribution in [2.45, 2.75) is 12.8 Å². The number of nitrogens with zero attached hydrogens (tertiary/aromatic N) is 1. The quantitative estimate of drug-likeness (QED) is 0.809. The van der Waals surface area contributed by atoms with Gasteiger partial charge in [-0.05, 0) is 24.3 Å². The smallest absolute Gasteiger partial charge is 0.223 e. The van der Waals surface area contributed by atoms with E-state index in [0.29, 0.717) is 18.7 Å². The third-order valence-corrected chi connectivity index (χ3v) is 2.68. The van der Waals surface area contributed by atoms with Gasteiger partial charge in [-0.2, -0.15) is 0 Å². The highest BCUT2D eigenvalue weighted by atomic mass is 19.1. The Balaban J connectivity index is 1.59. The number of nitrogens with one attached hydrogen (secondary N) is 2. The minimum Gasteiger partial charge on any atom is -0.493 e. The van der Waals surface area contributed by atoms with Crippen molar-refractivity contribution in [2.75, 3.05) is 13.2 Å². The second-order valence-electron chi connectivity index (χ2n) is 4.23. The summed E-state index contributed by atoms with van der Waals surface area (Å²) >= 11 is 0. The number of hydrogen-bond donors (Lipinski definition) is 2. The molecule has 0 saturated heterocycles. The summed E-state index contributed by atoms with van der Waals surface area (Å²) in [7, 11) is 0. The molecule has 1 amide bonds. The monoisotopic (exact) mass is 277 g/mol. The molecule has 6 heteroatoms. The summed E-state index contributed by atoms with van der Waals surface area (Å²) in [6.45, 7) is 0.819. The van der Waals surface area contributed by atoms with Gasteiger partial charge in [0.25, 0.3) is 0 Å². The van der Waals surface area contributed by atoms with Crippen molar-refractivity contribution in [1.29, 1.82) is 0 Å². The molecule has 0 unspecified atom stereocenters. The van der Waals surface area contributed by atoms with Gasteiger partial charge in [0.2, 0.25) is 5.91 Å². The van der Waals surface area contributed by atoms with Gasteiger partial charge >= 0.3 is 0 Å². The summed E-state index contributed by atoms with van der Waals surface area (Å²) in [5, 5.41) is 2.79. The van der Waals surface area contributed by atoms with Crippen molar-refractivity contribution in [3.8, 4) is 5.75 Å². The zero-order valence-corrected chi connectivity index (χ0v) is 10.9. The van der Waals surface area contributed by atoms with Crippen molar-refractivity contribution in [2.24, 2.45) is 0 Å². The Morgan fingerprint density at radius 1 is 1.35 bits per heavy atom. The fourth-order valence-electron chi connectivity index (χ4n) is 1.64. The number of aromatic nitrogens is 2. The molecule has 5 nitrogen and oxygen atoms in total. The molecule has 20 heavy (non-hydrogen) atoms. The Morgan fingerprint density at radius 2 is 2.15 bits per heavy atom. The highest BCUT2D eigenvalue weighted by Gasteiger charge is 2.02. The summed E-state index contributed by atoms with van der Waals surface area (Å²) in [6, 6.07) is 5.70. The average molecular weight is 277 g/mol. The first-order valence-electron chi connectivity index (χ1n) is 6.36. The van der Waals surface area contributed by atoms with Crippen molar-refractivity contribution < 1.29 is 13.9 Å². The first kappa shape index (κ1) is 14.0. The topological polar surface area (TPSA) is 67.0 Å². The standard InChI is InChI=1S/C14H16FN3O2/c15-11-1-3-13(4-2-11)20-8-6-14(19)17-7-5-12-9-16-10-18-12/h1-4,9-10H,5-8H2,(H,16,18)(H,17,19). The maximum Gasteiger partial charge on any atom is 0.223 e. The van der Waals surface area contributed by atoms with Crippen LogP contribution in [-0.4, -0.2) is 29.0 Å². The van der Waals surface area contributed by atoms with Gasteiger partial charge < -0.3 is 15.0 Å². The van der Waals surface area contributed by atoms with Crippen molar-refractivity contribution in [1.82, 2.24) is 15.3 Å². The van der Waals surface area contributed by atoms with Crippen molar-refractivity contribution in [3.05, 3.63) is 48.3 Å². The Hall–Kier alpha value is -2.37. The SMILES string of the molecule is O=C(CCOc1ccc(F)cc1)NCCc1cnc[nH]1. The lowest BCUT2D eigenvalue weighted by Crippen LogP contribution is -2.27. The maximum absolute atomic E-state index is 12.7. The summed E-state index contributed by atoms with van der Waals surface area (Å²) in [5.74, 6) is 0.164. The molecule has 0 aliphatic rings. The number of benzene rings is 1. The summed E-state index contributed by atoms with van der Waals surface area (Å²) in [5.41, 5.74) is 0.980. The van der Waals surface area contributed by atoms with Crippen LogP contribution in [-0.2, 0) is 11.2 Å². The van der Waals surface area contributed by atoms with Crippen LogP contribution in [0.4, 0.5) is 4.39 Å². The molecule has 1 aromatic heterocycles. The Bertz CT molecular complexity index is 526. The molecule has 0 atom stereocenters. The van der Waals surface area contributed by atoms with Gasteiger partial charge in [0.1, 0.15) is 11.6 Å². The molecule has 106 valence electrons. The van der Waals surface area contributed by atoms with Gasteiger partial charge in [0.05, 0.1) is 19.4 Å². The minimum absolute atomic E-state index is 0.0772. The second-order valence-corrected chi connectivity index (χ2v) is 4.23. The van der Waals surface area contributed by atoms with E-state index in [-0.39, 0.29) is 24.8 Å². The normalized spacial score (nSPS) is 10.2. The van der Waals surface area contributed by atoms with Gasteiger partial charge in [-0.3, -0.25) is 4.79 Å². The van der Waals surface area contributed by atoms with Gasteiger partial charge in [0, 0.05) is 24.9 Å². The van der Waals surface area contributed by atoms with Crippen LogP contribution in [0.3, 0.4) is 0 Å².